The number of hydrogen-bond acceptors (Lipinski definition) is 5. The Morgan fingerprint density at radius 1 is 1.35 bits per heavy atom. The highest BCUT2D eigenvalue weighted by Gasteiger charge is 2.25. The number of hydrogen-bond donors (Lipinski definition) is 1. The van der Waals surface area contributed by atoms with Crippen molar-refractivity contribution in [2.45, 2.75) is 32.2 Å². The number of likely N-dealkylation sites (tertiary alicyclic amines) is 1. The van der Waals surface area contributed by atoms with Crippen molar-refractivity contribution in [3.05, 3.63) is 0 Å². The van der Waals surface area contributed by atoms with Crippen LogP contribution in [-0.2, 0) is 4.79 Å². The summed E-state index contributed by atoms with van der Waals surface area (Å²) in [6.45, 7) is 4.87. The van der Waals surface area contributed by atoms with E-state index in [-0.39, 0.29) is 11.9 Å². The molecule has 0 aliphatic carbocycles. The first-order chi connectivity index (χ1) is 9.58. The first-order valence-electron chi connectivity index (χ1n) is 7.08. The third-order valence-electron chi connectivity index (χ3n) is 3.80. The Balaban J connectivity index is 2.48. The van der Waals surface area contributed by atoms with Crippen LogP contribution in [0, 0.1) is 28.6 Å². The van der Waals surface area contributed by atoms with E-state index in [0.29, 0.717) is 38.4 Å². The Bertz CT molecular complexity index is 379. The van der Waals surface area contributed by atoms with Crippen LogP contribution >= 0.6 is 0 Å². The van der Waals surface area contributed by atoms with Crippen LogP contribution < -0.4 is 5.73 Å². The van der Waals surface area contributed by atoms with Crippen LogP contribution in [0.2, 0.25) is 0 Å². The molecule has 0 saturated carbocycles. The molecule has 0 aromatic rings. The predicted octanol–water partition coefficient (Wildman–Crippen LogP) is 0.311. The largest absolute Gasteiger partial charge is 0.340 e. The zero-order chi connectivity index (χ0) is 15.0. The SMILES string of the molecule is CC1CCN(CC(=O)N(CCC#N)CCC#N)CC1N. The number of amides is 1. The van der Waals surface area contributed by atoms with Crippen LogP contribution in [0.25, 0.3) is 0 Å². The van der Waals surface area contributed by atoms with E-state index in [1.807, 2.05) is 12.1 Å². The Hall–Kier alpha value is -1.63. The molecule has 6 heteroatoms. The maximum atomic E-state index is 12.2. The lowest BCUT2D eigenvalue weighted by Crippen LogP contribution is -2.51. The molecule has 0 aromatic carbocycles. The van der Waals surface area contributed by atoms with Gasteiger partial charge in [-0.05, 0) is 18.9 Å². The van der Waals surface area contributed by atoms with E-state index >= 15 is 0 Å². The van der Waals surface area contributed by atoms with Crippen molar-refractivity contribution < 1.29 is 4.79 Å². The average molecular weight is 277 g/mol. The summed E-state index contributed by atoms with van der Waals surface area (Å²) in [7, 11) is 0. The van der Waals surface area contributed by atoms with Gasteiger partial charge in [-0.25, -0.2) is 0 Å². The lowest BCUT2D eigenvalue weighted by molar-refractivity contribution is -0.132. The molecular weight excluding hydrogens is 254 g/mol. The first kappa shape index (κ1) is 16.4. The maximum Gasteiger partial charge on any atom is 0.236 e. The van der Waals surface area contributed by atoms with Crippen LogP contribution in [0.3, 0.4) is 0 Å². The summed E-state index contributed by atoms with van der Waals surface area (Å²) in [4.78, 5) is 15.9. The molecule has 0 bridgehead atoms. The molecule has 1 fully saturated rings. The minimum atomic E-state index is -0.0164. The summed E-state index contributed by atoms with van der Waals surface area (Å²) < 4.78 is 0. The molecular formula is C14H23N5O. The van der Waals surface area contributed by atoms with E-state index < -0.39 is 0 Å². The van der Waals surface area contributed by atoms with Gasteiger partial charge >= 0.3 is 0 Å². The van der Waals surface area contributed by atoms with Crippen LogP contribution in [0.15, 0.2) is 0 Å². The summed E-state index contributed by atoms with van der Waals surface area (Å²) in [6, 6.07) is 4.19. The summed E-state index contributed by atoms with van der Waals surface area (Å²) in [5, 5.41) is 17.3. The normalized spacial score (nSPS) is 22.8. The van der Waals surface area contributed by atoms with Crippen molar-refractivity contribution in [2.75, 3.05) is 32.7 Å². The van der Waals surface area contributed by atoms with Crippen molar-refractivity contribution in [3.8, 4) is 12.1 Å². The second-order valence-electron chi connectivity index (χ2n) is 5.36. The van der Waals surface area contributed by atoms with Gasteiger partial charge in [0, 0.05) is 25.7 Å². The number of nitriles is 2. The molecule has 1 aliphatic heterocycles. The second kappa shape index (κ2) is 8.52. The quantitative estimate of drug-likeness (QED) is 0.753. The van der Waals surface area contributed by atoms with Crippen LogP contribution in [0.5, 0.6) is 0 Å². The van der Waals surface area contributed by atoms with Crippen molar-refractivity contribution >= 4 is 5.91 Å². The van der Waals surface area contributed by atoms with Gasteiger partial charge in [0.2, 0.25) is 5.91 Å². The zero-order valence-corrected chi connectivity index (χ0v) is 12.1. The second-order valence-corrected chi connectivity index (χ2v) is 5.36. The van der Waals surface area contributed by atoms with Gasteiger partial charge < -0.3 is 10.6 Å². The fraction of sp³-hybridized carbons (Fsp3) is 0.786. The molecule has 0 radical (unpaired) electrons. The maximum absolute atomic E-state index is 12.2. The van der Waals surface area contributed by atoms with Crippen molar-refractivity contribution in [2.24, 2.45) is 11.7 Å². The summed E-state index contributed by atoms with van der Waals surface area (Å²) >= 11 is 0. The topological polar surface area (TPSA) is 97.1 Å². The van der Waals surface area contributed by atoms with E-state index in [4.69, 9.17) is 16.3 Å². The molecule has 0 spiro atoms. The fourth-order valence-electron chi connectivity index (χ4n) is 2.34. The van der Waals surface area contributed by atoms with Gasteiger partial charge in [-0.1, -0.05) is 6.92 Å². The smallest absolute Gasteiger partial charge is 0.236 e. The highest BCUT2D eigenvalue weighted by atomic mass is 16.2. The van der Waals surface area contributed by atoms with Gasteiger partial charge in [0.25, 0.3) is 0 Å². The van der Waals surface area contributed by atoms with E-state index in [1.165, 1.54) is 0 Å². The number of piperidine rings is 1. The van der Waals surface area contributed by atoms with Crippen molar-refractivity contribution in [3.63, 3.8) is 0 Å². The summed E-state index contributed by atoms with van der Waals surface area (Å²) in [5.74, 6) is 0.479. The number of carbonyl (C=O) groups excluding carboxylic acids is 1. The molecule has 1 rings (SSSR count). The van der Waals surface area contributed by atoms with E-state index in [9.17, 15) is 4.79 Å². The average Bonchev–Trinajstić information content (AvgIpc) is 2.43. The van der Waals surface area contributed by atoms with Gasteiger partial charge in [-0.15, -0.1) is 0 Å². The zero-order valence-electron chi connectivity index (χ0n) is 12.1. The summed E-state index contributed by atoms with van der Waals surface area (Å²) in [5.41, 5.74) is 6.03. The van der Waals surface area contributed by atoms with Crippen LogP contribution in [0.1, 0.15) is 26.2 Å². The van der Waals surface area contributed by atoms with E-state index in [2.05, 4.69) is 11.8 Å². The number of nitrogens with zero attached hydrogens (tertiary/aromatic N) is 4. The predicted molar refractivity (Wildman–Crippen MR) is 75.2 cm³/mol. The van der Waals surface area contributed by atoms with Crippen molar-refractivity contribution in [1.29, 1.82) is 10.5 Å². The Kier molecular flexibility index (Phi) is 7.00. The van der Waals surface area contributed by atoms with E-state index in [0.717, 1.165) is 19.5 Å². The third-order valence-corrected chi connectivity index (χ3v) is 3.80. The van der Waals surface area contributed by atoms with Crippen molar-refractivity contribution in [1.82, 2.24) is 9.80 Å². The molecule has 6 nitrogen and oxygen atoms in total. The monoisotopic (exact) mass is 277 g/mol. The number of nitrogens with two attached hydrogens (primary N) is 1. The molecule has 20 heavy (non-hydrogen) atoms. The van der Waals surface area contributed by atoms with Gasteiger partial charge in [-0.3, -0.25) is 9.69 Å². The minimum absolute atomic E-state index is 0.0164. The molecule has 0 aromatic heterocycles. The van der Waals surface area contributed by atoms with Gasteiger partial charge in [-0.2, -0.15) is 10.5 Å². The molecule has 2 N–H and O–H groups in total. The van der Waals surface area contributed by atoms with Crippen LogP contribution in [0.4, 0.5) is 0 Å². The molecule has 1 amide bonds. The highest BCUT2D eigenvalue weighted by molar-refractivity contribution is 5.78. The molecule has 110 valence electrons. The first-order valence-corrected chi connectivity index (χ1v) is 7.08. The summed E-state index contributed by atoms with van der Waals surface area (Å²) in [6.07, 6.45) is 1.60. The minimum Gasteiger partial charge on any atom is -0.340 e. The van der Waals surface area contributed by atoms with Gasteiger partial charge in [0.1, 0.15) is 0 Å². The van der Waals surface area contributed by atoms with Gasteiger partial charge in [0.15, 0.2) is 0 Å². The highest BCUT2D eigenvalue weighted by Crippen LogP contribution is 2.15. The molecule has 1 saturated heterocycles. The Morgan fingerprint density at radius 2 is 1.95 bits per heavy atom. The van der Waals surface area contributed by atoms with E-state index in [1.54, 1.807) is 4.90 Å². The lowest BCUT2D eigenvalue weighted by atomic mass is 9.94. The fourth-order valence-corrected chi connectivity index (χ4v) is 2.34. The molecule has 2 unspecified atom stereocenters. The third kappa shape index (κ3) is 5.16. The molecule has 1 heterocycles. The number of rotatable bonds is 6. The lowest BCUT2D eigenvalue weighted by Gasteiger charge is -2.35. The van der Waals surface area contributed by atoms with Gasteiger partial charge in [0.05, 0.1) is 31.5 Å². The standard InChI is InChI=1S/C14H23N5O/c1-12-4-9-18(10-13(12)17)11-14(20)19(7-2-5-15)8-3-6-16/h12-13H,2-4,7-11,17H2,1H3. The number of carbonyl (C=O) groups is 1. The Morgan fingerprint density at radius 3 is 2.45 bits per heavy atom. The molecule has 1 aliphatic rings. The molecule has 2 atom stereocenters. The van der Waals surface area contributed by atoms with Crippen LogP contribution in [-0.4, -0.2) is 54.5 Å². The Labute approximate surface area is 120 Å².